The van der Waals surface area contributed by atoms with Gasteiger partial charge in [0.05, 0.1) is 6.04 Å². The summed E-state index contributed by atoms with van der Waals surface area (Å²) in [5.41, 5.74) is 5.50. The molecule has 4 aliphatic carbocycles. The fraction of sp³-hybridized carbons (Fsp3) is 0.561. The minimum atomic E-state index is -0.220. The van der Waals surface area contributed by atoms with E-state index in [1.54, 1.807) is 0 Å². The van der Waals surface area contributed by atoms with Gasteiger partial charge >= 0.3 is 0 Å². The van der Waals surface area contributed by atoms with Crippen molar-refractivity contribution >= 4 is 22.9 Å². The van der Waals surface area contributed by atoms with Crippen LogP contribution in [0.1, 0.15) is 116 Å². The lowest BCUT2D eigenvalue weighted by Crippen LogP contribution is -2.54. The van der Waals surface area contributed by atoms with Crippen molar-refractivity contribution in [1.29, 1.82) is 0 Å². The summed E-state index contributed by atoms with van der Waals surface area (Å²) in [4.78, 5) is 23.6. The first-order valence-corrected chi connectivity index (χ1v) is 19.4. The Balaban J connectivity index is 1.12. The van der Waals surface area contributed by atoms with Gasteiger partial charge < -0.3 is 19.9 Å². The monoisotopic (exact) mass is 662 g/mol. The SMILES string of the molecule is C#Cc1nc(C(=O)N2[C@@H](CCCC)Cc3cc(OC[C@H]4CCCN4C)ccc3[C@@H]2c2ccc(NC34CC5CC(CC(C5)C3)C4)cc2)cs1. The molecule has 3 aromatic rings. The number of likely N-dealkylation sites (N-methyl/N-ethyl adjacent to an activating group) is 1. The summed E-state index contributed by atoms with van der Waals surface area (Å²) >= 11 is 1.37. The second-order valence-corrected chi connectivity index (χ2v) is 16.5. The summed E-state index contributed by atoms with van der Waals surface area (Å²) in [7, 11) is 2.20. The van der Waals surface area contributed by atoms with Crippen molar-refractivity contribution in [2.75, 3.05) is 25.5 Å². The second-order valence-electron chi connectivity index (χ2n) is 15.7. The van der Waals surface area contributed by atoms with Crippen LogP contribution in [0.15, 0.2) is 47.8 Å². The zero-order valence-corrected chi connectivity index (χ0v) is 29.4. The number of nitrogens with one attached hydrogen (secondary N) is 1. The topological polar surface area (TPSA) is 57.7 Å². The number of likely N-dealkylation sites (tertiary alicyclic amines) is 1. The molecule has 2 aliphatic heterocycles. The molecule has 0 unspecified atom stereocenters. The molecule has 6 nitrogen and oxygen atoms in total. The van der Waals surface area contributed by atoms with Gasteiger partial charge in [0.25, 0.3) is 5.91 Å². The van der Waals surface area contributed by atoms with Crippen molar-refractivity contribution in [2.24, 2.45) is 17.8 Å². The van der Waals surface area contributed by atoms with Gasteiger partial charge in [-0.1, -0.05) is 38.0 Å². The average Bonchev–Trinajstić information content (AvgIpc) is 3.74. The third-order valence-electron chi connectivity index (χ3n) is 12.3. The van der Waals surface area contributed by atoms with Gasteiger partial charge in [-0.2, -0.15) is 0 Å². The van der Waals surface area contributed by atoms with E-state index in [1.807, 2.05) is 5.38 Å². The Morgan fingerprint density at radius 3 is 2.48 bits per heavy atom. The normalized spacial score (nSPS) is 30.6. The number of rotatable bonds is 10. The fourth-order valence-electron chi connectivity index (χ4n) is 10.4. The van der Waals surface area contributed by atoms with Gasteiger partial charge in [-0.05, 0) is 142 Å². The molecule has 48 heavy (non-hydrogen) atoms. The molecule has 5 fully saturated rings. The van der Waals surface area contributed by atoms with Gasteiger partial charge in [0, 0.05) is 28.7 Å². The first-order valence-electron chi connectivity index (χ1n) is 18.5. The summed E-state index contributed by atoms with van der Waals surface area (Å²) in [6.45, 7) is 4.07. The number of aromatic nitrogens is 1. The number of thiazole rings is 1. The molecule has 3 heterocycles. The first-order chi connectivity index (χ1) is 23.4. The molecule has 2 aromatic carbocycles. The molecule has 3 atom stereocenters. The predicted octanol–water partition coefficient (Wildman–Crippen LogP) is 8.32. The lowest BCUT2D eigenvalue weighted by molar-refractivity contribution is 0.0107. The van der Waals surface area contributed by atoms with Gasteiger partial charge in [0.15, 0.2) is 5.01 Å². The third kappa shape index (κ3) is 6.16. The number of hydrogen-bond donors (Lipinski definition) is 1. The summed E-state index contributed by atoms with van der Waals surface area (Å²) in [6.07, 6.45) is 20.2. The van der Waals surface area contributed by atoms with Crippen LogP contribution in [0.5, 0.6) is 5.75 Å². The number of terminal acetylenes is 1. The zero-order valence-electron chi connectivity index (χ0n) is 28.6. The van der Waals surface area contributed by atoms with Crippen molar-refractivity contribution in [3.05, 3.63) is 75.2 Å². The highest BCUT2D eigenvalue weighted by atomic mass is 32.1. The van der Waals surface area contributed by atoms with Crippen LogP contribution in [-0.4, -0.2) is 58.5 Å². The highest BCUT2D eigenvalue weighted by Gasteiger charge is 2.51. The molecule has 7 heteroatoms. The number of nitrogens with zero attached hydrogens (tertiary/aromatic N) is 3. The van der Waals surface area contributed by atoms with Gasteiger partial charge in [0.2, 0.25) is 0 Å². The van der Waals surface area contributed by atoms with Crippen molar-refractivity contribution < 1.29 is 9.53 Å². The van der Waals surface area contributed by atoms with Crippen LogP contribution in [0, 0.1) is 30.1 Å². The highest BCUT2D eigenvalue weighted by Crippen LogP contribution is 2.56. The number of carbonyl (C=O) groups is 1. The predicted molar refractivity (Wildman–Crippen MR) is 194 cm³/mol. The van der Waals surface area contributed by atoms with Gasteiger partial charge in [0.1, 0.15) is 18.1 Å². The van der Waals surface area contributed by atoms with Crippen LogP contribution in [-0.2, 0) is 6.42 Å². The molecule has 252 valence electrons. The van der Waals surface area contributed by atoms with Crippen LogP contribution < -0.4 is 10.1 Å². The maximum atomic E-state index is 14.5. The number of benzene rings is 2. The van der Waals surface area contributed by atoms with E-state index < -0.39 is 0 Å². The molecular formula is C41H50N4O2S. The summed E-state index contributed by atoms with van der Waals surface area (Å²) < 4.78 is 6.42. The molecule has 1 N–H and O–H groups in total. The number of amides is 1. The molecule has 1 amide bonds. The fourth-order valence-corrected chi connectivity index (χ4v) is 11.0. The number of fused-ring (bicyclic) bond motifs is 1. The van der Waals surface area contributed by atoms with Crippen molar-refractivity contribution in [3.63, 3.8) is 0 Å². The van der Waals surface area contributed by atoms with E-state index in [2.05, 4.69) is 82.5 Å². The van der Waals surface area contributed by atoms with E-state index in [-0.39, 0.29) is 23.5 Å². The first kappa shape index (κ1) is 31.9. The van der Waals surface area contributed by atoms with Crippen molar-refractivity contribution in [2.45, 2.75) is 108 Å². The van der Waals surface area contributed by atoms with Crippen molar-refractivity contribution in [1.82, 2.24) is 14.8 Å². The van der Waals surface area contributed by atoms with E-state index in [1.165, 1.54) is 79.5 Å². The maximum Gasteiger partial charge on any atom is 0.274 e. The number of ether oxygens (including phenoxy) is 1. The lowest BCUT2D eigenvalue weighted by Gasteiger charge is -2.57. The van der Waals surface area contributed by atoms with Crippen LogP contribution in [0.3, 0.4) is 0 Å². The Labute approximate surface area is 290 Å². The molecular weight excluding hydrogens is 613 g/mol. The van der Waals surface area contributed by atoms with Crippen molar-refractivity contribution in [3.8, 4) is 18.1 Å². The minimum Gasteiger partial charge on any atom is -0.492 e. The molecule has 1 aromatic heterocycles. The molecule has 4 saturated carbocycles. The smallest absolute Gasteiger partial charge is 0.274 e. The van der Waals surface area contributed by atoms with Gasteiger partial charge in [-0.25, -0.2) is 4.98 Å². The Hall–Kier alpha value is -3.34. The minimum absolute atomic E-state index is 0.0372. The summed E-state index contributed by atoms with van der Waals surface area (Å²) in [6, 6.07) is 15.9. The lowest BCUT2D eigenvalue weighted by atomic mass is 9.53. The molecule has 0 spiro atoms. The second kappa shape index (κ2) is 13.2. The van der Waals surface area contributed by atoms with E-state index in [9.17, 15) is 4.79 Å². The zero-order chi connectivity index (χ0) is 32.8. The summed E-state index contributed by atoms with van der Waals surface area (Å²) in [5.74, 6) is 6.21. The Bertz CT molecular complexity index is 1640. The van der Waals surface area contributed by atoms with Gasteiger partial charge in [-0.15, -0.1) is 17.8 Å². The number of anilines is 1. The molecule has 0 radical (unpaired) electrons. The van der Waals surface area contributed by atoms with E-state index in [4.69, 9.17) is 11.2 Å². The standard InChI is InChI=1S/C41H50N4O2S/c1-4-6-8-33-20-31-21-35(47-25-34-9-7-16-44(34)3)14-15-36(31)39(45(33)40(46)37-26-48-38(5-2)42-37)30-10-12-32(13-11-30)43-41-22-27-17-28(23-41)19-29(18-27)24-41/h2,10-15,21,26-29,33-34,39,43H,4,6-9,16-20,22-25H2,1,3H3/t27?,28?,29?,33-,34+,39-,41?/m0/s1. The Morgan fingerprint density at radius 1 is 1.08 bits per heavy atom. The van der Waals surface area contributed by atoms with E-state index in [0.717, 1.165) is 61.3 Å². The Morgan fingerprint density at radius 2 is 1.83 bits per heavy atom. The number of unbranched alkanes of at least 4 members (excludes halogenated alkanes) is 1. The van der Waals surface area contributed by atoms with Crippen LogP contribution in [0.4, 0.5) is 5.69 Å². The molecule has 4 bridgehead atoms. The molecule has 9 rings (SSSR count). The summed E-state index contributed by atoms with van der Waals surface area (Å²) in [5, 5.41) is 6.44. The quantitative estimate of drug-likeness (QED) is 0.221. The largest absolute Gasteiger partial charge is 0.492 e. The van der Waals surface area contributed by atoms with Crippen LogP contribution in [0.2, 0.25) is 0 Å². The van der Waals surface area contributed by atoms with E-state index >= 15 is 0 Å². The average molecular weight is 663 g/mol. The Kier molecular flexibility index (Phi) is 8.76. The van der Waals surface area contributed by atoms with Gasteiger partial charge in [-0.3, -0.25) is 4.79 Å². The third-order valence-corrected chi connectivity index (χ3v) is 13.1. The number of carbonyl (C=O) groups excluding carboxylic acids is 1. The van der Waals surface area contributed by atoms with Crippen LogP contribution >= 0.6 is 11.3 Å². The number of hydrogen-bond acceptors (Lipinski definition) is 6. The molecule has 6 aliphatic rings. The van der Waals surface area contributed by atoms with E-state index in [0.29, 0.717) is 23.4 Å². The maximum absolute atomic E-state index is 14.5. The highest BCUT2D eigenvalue weighted by molar-refractivity contribution is 7.10. The molecule has 1 saturated heterocycles. The van der Waals surface area contributed by atoms with Crippen LogP contribution in [0.25, 0.3) is 0 Å².